The Morgan fingerprint density at radius 3 is 1.91 bits per heavy atom. The van der Waals surface area contributed by atoms with E-state index in [9.17, 15) is 0 Å². The molecule has 0 amide bonds. The van der Waals surface area contributed by atoms with E-state index in [1.165, 1.54) is 83.4 Å². The molecule has 0 spiro atoms. The van der Waals surface area contributed by atoms with Crippen molar-refractivity contribution < 1.29 is 0 Å². The zero-order chi connectivity index (χ0) is 31.5. The molecule has 226 valence electrons. The summed E-state index contributed by atoms with van der Waals surface area (Å²) in [5.41, 5.74) is 12.1. The number of imidazole rings is 1. The van der Waals surface area contributed by atoms with E-state index in [4.69, 9.17) is 0 Å². The molecule has 0 saturated heterocycles. The quantitative estimate of drug-likeness (QED) is 0.173. The summed E-state index contributed by atoms with van der Waals surface area (Å²) in [4.78, 5) is 4.66. The topological polar surface area (TPSA) is 22.2 Å². The first-order chi connectivity index (χ1) is 23.2. The summed E-state index contributed by atoms with van der Waals surface area (Å²) >= 11 is 0. The van der Waals surface area contributed by atoms with Crippen molar-refractivity contribution in [1.82, 2.24) is 14.0 Å². The largest absolute Gasteiger partial charge is 0.309 e. The number of aromatic nitrogens is 3. The fraction of sp³-hybridized carbons (Fsp3) is 0.114. The summed E-state index contributed by atoms with van der Waals surface area (Å²) in [6.07, 6.45) is 6.27. The lowest BCUT2D eigenvalue weighted by Crippen LogP contribution is -1.99. The smallest absolute Gasteiger partial charge is 0.145 e. The summed E-state index contributed by atoms with van der Waals surface area (Å²) in [7, 11) is 0. The molecule has 6 aromatic carbocycles. The summed E-state index contributed by atoms with van der Waals surface area (Å²) in [6, 6.07) is 49.2. The molecule has 9 aromatic rings. The maximum Gasteiger partial charge on any atom is 0.145 e. The highest BCUT2D eigenvalue weighted by Crippen LogP contribution is 2.37. The van der Waals surface area contributed by atoms with Crippen LogP contribution in [0.3, 0.4) is 0 Å². The molecule has 9 rings (SSSR count). The Labute approximate surface area is 274 Å². The van der Waals surface area contributed by atoms with E-state index in [1.54, 1.807) is 0 Å². The van der Waals surface area contributed by atoms with Crippen molar-refractivity contribution in [3.05, 3.63) is 151 Å². The predicted octanol–water partition coefficient (Wildman–Crippen LogP) is 11.7. The Bertz CT molecular complexity index is 2600. The van der Waals surface area contributed by atoms with Crippen LogP contribution in [0.1, 0.15) is 25.8 Å². The molecule has 3 heteroatoms. The van der Waals surface area contributed by atoms with Gasteiger partial charge in [0.25, 0.3) is 0 Å². The lowest BCUT2D eigenvalue weighted by molar-refractivity contribution is 0.560. The molecule has 3 nitrogen and oxygen atoms in total. The number of nitrogens with zero attached hydrogens (tertiary/aromatic N) is 3. The van der Waals surface area contributed by atoms with Crippen molar-refractivity contribution in [2.45, 2.75) is 26.7 Å². The zero-order valence-corrected chi connectivity index (χ0v) is 26.7. The van der Waals surface area contributed by atoms with Gasteiger partial charge >= 0.3 is 0 Å². The van der Waals surface area contributed by atoms with Crippen molar-refractivity contribution in [1.29, 1.82) is 0 Å². The highest BCUT2D eigenvalue weighted by atomic mass is 15.0. The van der Waals surface area contributed by atoms with Gasteiger partial charge in [-0.05, 0) is 94.1 Å². The average Bonchev–Trinajstić information content (AvgIpc) is 3.76. The van der Waals surface area contributed by atoms with Crippen LogP contribution >= 0.6 is 0 Å². The summed E-state index contributed by atoms with van der Waals surface area (Å²) in [5, 5.41) is 6.18. The summed E-state index contributed by atoms with van der Waals surface area (Å²) in [6.45, 7) is 4.60. The third-order valence-electron chi connectivity index (χ3n) is 10.0. The number of hydrogen-bond acceptors (Lipinski definition) is 1. The van der Waals surface area contributed by atoms with Gasteiger partial charge in [0.2, 0.25) is 0 Å². The third kappa shape index (κ3) is 4.53. The van der Waals surface area contributed by atoms with E-state index in [0.717, 1.165) is 12.1 Å². The molecule has 3 aromatic heterocycles. The van der Waals surface area contributed by atoms with Crippen LogP contribution in [0.5, 0.6) is 0 Å². The minimum atomic E-state index is 0.695. The standard InChI is InChI=1S/C44H35N3/c1-3-29(2)25-30-15-19-35(20-16-30)47-42-14-7-6-12-37(42)40-28-34(18-22-43(40)47)32-10-8-9-31(26-32)33-17-21-41-39(27-33)36-11-4-5-13-38(36)44-45-23-24-46(41)44/h4-24,26-29H,3,25H2,1-2H3. The Balaban J connectivity index is 1.14. The van der Waals surface area contributed by atoms with Crippen LogP contribution in [0.4, 0.5) is 0 Å². The molecule has 0 saturated carbocycles. The summed E-state index contributed by atoms with van der Waals surface area (Å²) in [5.74, 6) is 0.695. The first kappa shape index (κ1) is 27.6. The molecular formula is C44H35N3. The zero-order valence-electron chi connectivity index (χ0n) is 26.7. The summed E-state index contributed by atoms with van der Waals surface area (Å²) < 4.78 is 4.61. The second-order valence-corrected chi connectivity index (χ2v) is 12.9. The number of fused-ring (bicyclic) bond motifs is 9. The minimum Gasteiger partial charge on any atom is -0.309 e. The Hall–Kier alpha value is -5.67. The van der Waals surface area contributed by atoms with Gasteiger partial charge < -0.3 is 4.57 Å². The van der Waals surface area contributed by atoms with E-state index in [-0.39, 0.29) is 0 Å². The van der Waals surface area contributed by atoms with Gasteiger partial charge in [0.1, 0.15) is 5.65 Å². The van der Waals surface area contributed by atoms with E-state index in [2.05, 4.69) is 167 Å². The predicted molar refractivity (Wildman–Crippen MR) is 199 cm³/mol. The monoisotopic (exact) mass is 605 g/mol. The van der Waals surface area contributed by atoms with E-state index >= 15 is 0 Å². The van der Waals surface area contributed by atoms with Gasteiger partial charge in [-0.15, -0.1) is 0 Å². The van der Waals surface area contributed by atoms with E-state index in [1.807, 2.05) is 6.20 Å². The molecule has 0 fully saturated rings. The van der Waals surface area contributed by atoms with Gasteiger partial charge in [-0.25, -0.2) is 4.98 Å². The minimum absolute atomic E-state index is 0.695. The fourth-order valence-electron chi connectivity index (χ4n) is 7.39. The Morgan fingerprint density at radius 1 is 0.553 bits per heavy atom. The van der Waals surface area contributed by atoms with Crippen molar-refractivity contribution in [2.75, 3.05) is 0 Å². The number of benzene rings is 6. The number of hydrogen-bond donors (Lipinski definition) is 0. The molecule has 1 atom stereocenters. The second kappa shape index (κ2) is 11.0. The van der Waals surface area contributed by atoms with Gasteiger partial charge in [0.05, 0.1) is 16.6 Å². The Morgan fingerprint density at radius 2 is 1.17 bits per heavy atom. The lowest BCUT2D eigenvalue weighted by atomic mass is 9.96. The SMILES string of the molecule is CCC(C)Cc1ccc(-n2c3ccccc3c3cc(-c4cccc(-c5ccc6c(c5)c5ccccc5c5nccn65)c4)ccc32)cc1. The second-order valence-electron chi connectivity index (χ2n) is 12.9. The van der Waals surface area contributed by atoms with Crippen molar-refractivity contribution >= 4 is 49.1 Å². The van der Waals surface area contributed by atoms with Gasteiger partial charge in [-0.1, -0.05) is 105 Å². The molecule has 0 N–H and O–H groups in total. The van der Waals surface area contributed by atoms with Crippen LogP contribution < -0.4 is 0 Å². The molecule has 47 heavy (non-hydrogen) atoms. The van der Waals surface area contributed by atoms with Crippen molar-refractivity contribution in [3.8, 4) is 27.9 Å². The molecule has 0 bridgehead atoms. The van der Waals surface area contributed by atoms with Crippen LogP contribution in [-0.4, -0.2) is 14.0 Å². The Kier molecular flexibility index (Phi) is 6.46. The van der Waals surface area contributed by atoms with E-state index in [0.29, 0.717) is 5.92 Å². The molecule has 0 aliphatic heterocycles. The van der Waals surface area contributed by atoms with Crippen LogP contribution in [-0.2, 0) is 6.42 Å². The first-order valence-corrected chi connectivity index (χ1v) is 16.7. The molecule has 0 aliphatic carbocycles. The fourth-order valence-corrected chi connectivity index (χ4v) is 7.39. The van der Waals surface area contributed by atoms with Crippen LogP contribution in [0.25, 0.3) is 77.1 Å². The number of rotatable bonds is 6. The molecule has 0 radical (unpaired) electrons. The van der Waals surface area contributed by atoms with Gasteiger partial charge in [-0.3, -0.25) is 4.40 Å². The number of pyridine rings is 1. The lowest BCUT2D eigenvalue weighted by Gasteiger charge is -2.12. The van der Waals surface area contributed by atoms with Crippen molar-refractivity contribution in [2.24, 2.45) is 5.92 Å². The third-order valence-corrected chi connectivity index (χ3v) is 10.0. The molecular weight excluding hydrogens is 571 g/mol. The van der Waals surface area contributed by atoms with Crippen LogP contribution in [0.2, 0.25) is 0 Å². The normalized spacial score (nSPS) is 12.6. The van der Waals surface area contributed by atoms with E-state index < -0.39 is 0 Å². The van der Waals surface area contributed by atoms with Gasteiger partial charge in [0.15, 0.2) is 0 Å². The molecule has 1 unspecified atom stereocenters. The van der Waals surface area contributed by atoms with Crippen LogP contribution in [0.15, 0.2) is 146 Å². The average molecular weight is 606 g/mol. The van der Waals surface area contributed by atoms with Crippen LogP contribution in [0, 0.1) is 5.92 Å². The number of para-hydroxylation sites is 1. The first-order valence-electron chi connectivity index (χ1n) is 16.7. The maximum atomic E-state index is 4.66. The highest BCUT2D eigenvalue weighted by molar-refractivity contribution is 6.13. The maximum absolute atomic E-state index is 4.66. The van der Waals surface area contributed by atoms with Gasteiger partial charge in [-0.2, -0.15) is 0 Å². The highest BCUT2D eigenvalue weighted by Gasteiger charge is 2.15. The van der Waals surface area contributed by atoms with Crippen molar-refractivity contribution in [3.63, 3.8) is 0 Å². The molecule has 0 aliphatic rings. The molecule has 3 heterocycles. The van der Waals surface area contributed by atoms with Gasteiger partial charge in [0, 0.05) is 39.6 Å².